The lowest BCUT2D eigenvalue weighted by Crippen LogP contribution is -2.30. The molecule has 7 heteroatoms. The minimum absolute atomic E-state index is 0.0419. The summed E-state index contributed by atoms with van der Waals surface area (Å²) in [5, 5.41) is 6.13. The van der Waals surface area contributed by atoms with Crippen molar-refractivity contribution in [3.05, 3.63) is 108 Å². The van der Waals surface area contributed by atoms with Crippen molar-refractivity contribution in [3.8, 4) is 28.4 Å². The van der Waals surface area contributed by atoms with Crippen LogP contribution in [0.25, 0.3) is 11.1 Å². The third-order valence-corrected chi connectivity index (χ3v) is 5.93. The molecule has 2 N–H and O–H groups in total. The number of nitrogens with one attached hydrogen (secondary N) is 2. The number of pyridine rings is 1. The molecule has 1 heterocycles. The highest BCUT2D eigenvalue weighted by Gasteiger charge is 2.13. The van der Waals surface area contributed by atoms with Gasteiger partial charge in [0.1, 0.15) is 30.5 Å². The highest BCUT2D eigenvalue weighted by Crippen LogP contribution is 2.34. The van der Waals surface area contributed by atoms with Gasteiger partial charge in [0, 0.05) is 67.3 Å². The van der Waals surface area contributed by atoms with Crippen LogP contribution in [0.1, 0.15) is 23.6 Å². The molecule has 1 amide bonds. The van der Waals surface area contributed by atoms with Crippen LogP contribution in [0, 0.1) is 0 Å². The first-order valence-electron chi connectivity index (χ1n) is 12.6. The molecule has 0 radical (unpaired) electrons. The topological polar surface area (TPSA) is 81.7 Å². The van der Waals surface area contributed by atoms with Crippen LogP contribution in [0.15, 0.2) is 91.3 Å². The lowest BCUT2D eigenvalue weighted by Gasteiger charge is -2.17. The van der Waals surface area contributed by atoms with E-state index in [2.05, 4.69) is 33.8 Å². The maximum Gasteiger partial charge on any atom is 0.216 e. The number of hydrogen-bond acceptors (Lipinski definition) is 6. The number of rotatable bonds is 13. The van der Waals surface area contributed by atoms with Crippen molar-refractivity contribution in [2.45, 2.75) is 26.7 Å². The molecule has 0 atom stereocenters. The number of benzene rings is 3. The van der Waals surface area contributed by atoms with Gasteiger partial charge in [-0.25, -0.2) is 0 Å². The molecule has 4 rings (SSSR count). The van der Waals surface area contributed by atoms with Gasteiger partial charge in [-0.05, 0) is 17.7 Å². The molecule has 1 aromatic heterocycles. The monoisotopic (exact) mass is 511 g/mol. The average molecular weight is 512 g/mol. The first-order valence-corrected chi connectivity index (χ1v) is 12.6. The molecule has 196 valence electrons. The number of methoxy groups -OCH3 is 1. The summed E-state index contributed by atoms with van der Waals surface area (Å²) in [5.41, 5.74) is 5.04. The molecule has 3 aromatic carbocycles. The lowest BCUT2D eigenvalue weighted by molar-refractivity contribution is -0.118. The number of carbonyl (C=O) groups is 1. The van der Waals surface area contributed by atoms with Crippen molar-refractivity contribution in [1.29, 1.82) is 0 Å². The fourth-order valence-corrected chi connectivity index (χ4v) is 4.05. The van der Waals surface area contributed by atoms with Crippen LogP contribution in [0.2, 0.25) is 0 Å². The van der Waals surface area contributed by atoms with E-state index in [1.54, 1.807) is 19.5 Å². The van der Waals surface area contributed by atoms with E-state index in [9.17, 15) is 4.79 Å². The number of ether oxygens (including phenoxy) is 3. The first kappa shape index (κ1) is 26.7. The maximum absolute atomic E-state index is 11.1. The molecule has 0 saturated carbocycles. The van der Waals surface area contributed by atoms with Gasteiger partial charge >= 0.3 is 0 Å². The zero-order valence-corrected chi connectivity index (χ0v) is 21.8. The predicted molar refractivity (Wildman–Crippen MR) is 148 cm³/mol. The summed E-state index contributed by atoms with van der Waals surface area (Å²) in [6, 6.07) is 26.0. The Bertz CT molecular complexity index is 1310. The van der Waals surface area contributed by atoms with Crippen molar-refractivity contribution in [2.24, 2.45) is 0 Å². The van der Waals surface area contributed by atoms with Crippen LogP contribution in [-0.4, -0.2) is 31.1 Å². The molecule has 7 nitrogen and oxygen atoms in total. The maximum atomic E-state index is 11.1. The summed E-state index contributed by atoms with van der Waals surface area (Å²) in [4.78, 5) is 15.3. The van der Waals surface area contributed by atoms with E-state index in [0.29, 0.717) is 38.6 Å². The second kappa shape index (κ2) is 13.8. The van der Waals surface area contributed by atoms with Crippen molar-refractivity contribution in [2.75, 3.05) is 20.2 Å². The van der Waals surface area contributed by atoms with Gasteiger partial charge in [-0.15, -0.1) is 0 Å². The second-order valence-corrected chi connectivity index (χ2v) is 8.73. The molecule has 0 unspecified atom stereocenters. The standard InChI is InChI=1S/C31H33N3O4/c1-23(35)34-17-16-33-20-26-13-14-28(18-30(26)38-21-24-8-7-15-32-19-24)37-22-27-11-6-12-29(31(27)36-2)25-9-4-3-5-10-25/h3-15,18-19,33H,16-17,20-22H2,1-2H3,(H,34,35). The molecule has 0 aliphatic carbocycles. The van der Waals surface area contributed by atoms with Gasteiger partial charge < -0.3 is 24.8 Å². The molecular weight excluding hydrogens is 478 g/mol. The van der Waals surface area contributed by atoms with Crippen molar-refractivity contribution < 1.29 is 19.0 Å². The minimum Gasteiger partial charge on any atom is -0.496 e. The van der Waals surface area contributed by atoms with E-state index in [1.165, 1.54) is 6.92 Å². The molecule has 0 bridgehead atoms. The zero-order chi connectivity index (χ0) is 26.6. The van der Waals surface area contributed by atoms with Crippen LogP contribution in [0.4, 0.5) is 0 Å². The van der Waals surface area contributed by atoms with Gasteiger partial charge in [0.15, 0.2) is 0 Å². The normalized spacial score (nSPS) is 10.6. The van der Waals surface area contributed by atoms with E-state index < -0.39 is 0 Å². The van der Waals surface area contributed by atoms with E-state index in [4.69, 9.17) is 14.2 Å². The number of carbonyl (C=O) groups excluding carboxylic acids is 1. The Balaban J connectivity index is 1.48. The largest absolute Gasteiger partial charge is 0.496 e. The Morgan fingerprint density at radius 2 is 1.74 bits per heavy atom. The van der Waals surface area contributed by atoms with E-state index >= 15 is 0 Å². The number of aromatic nitrogens is 1. The molecule has 4 aromatic rings. The van der Waals surface area contributed by atoms with Crippen LogP contribution in [-0.2, 0) is 24.6 Å². The van der Waals surface area contributed by atoms with Gasteiger partial charge in [0.2, 0.25) is 5.91 Å². The number of para-hydroxylation sites is 1. The summed E-state index contributed by atoms with van der Waals surface area (Å²) in [6.07, 6.45) is 3.53. The Morgan fingerprint density at radius 1 is 0.868 bits per heavy atom. The summed E-state index contributed by atoms with van der Waals surface area (Å²) in [6.45, 7) is 4.05. The molecule has 0 aliphatic heterocycles. The highest BCUT2D eigenvalue weighted by molar-refractivity contribution is 5.73. The Morgan fingerprint density at radius 3 is 2.50 bits per heavy atom. The van der Waals surface area contributed by atoms with E-state index in [1.807, 2.05) is 60.7 Å². The third-order valence-electron chi connectivity index (χ3n) is 5.93. The smallest absolute Gasteiger partial charge is 0.216 e. The van der Waals surface area contributed by atoms with Crippen LogP contribution >= 0.6 is 0 Å². The number of hydrogen-bond donors (Lipinski definition) is 2. The number of nitrogens with zero attached hydrogens (tertiary/aromatic N) is 1. The Kier molecular flexibility index (Phi) is 9.70. The van der Waals surface area contributed by atoms with Gasteiger partial charge in [-0.2, -0.15) is 0 Å². The SMILES string of the molecule is COc1c(COc2ccc(CNCCNC(C)=O)c(OCc3cccnc3)c2)cccc1-c1ccccc1. The summed E-state index contributed by atoms with van der Waals surface area (Å²) >= 11 is 0. The average Bonchev–Trinajstić information content (AvgIpc) is 2.96. The Hall–Kier alpha value is -4.36. The molecular formula is C31H33N3O4. The zero-order valence-electron chi connectivity index (χ0n) is 21.8. The van der Waals surface area contributed by atoms with Crippen molar-refractivity contribution in [3.63, 3.8) is 0 Å². The molecule has 0 fully saturated rings. The number of amides is 1. The van der Waals surface area contributed by atoms with Crippen LogP contribution in [0.3, 0.4) is 0 Å². The molecule has 0 saturated heterocycles. The van der Waals surface area contributed by atoms with Gasteiger partial charge in [0.05, 0.1) is 7.11 Å². The van der Waals surface area contributed by atoms with Crippen molar-refractivity contribution >= 4 is 5.91 Å². The van der Waals surface area contributed by atoms with Gasteiger partial charge in [-0.3, -0.25) is 9.78 Å². The minimum atomic E-state index is -0.0419. The summed E-state index contributed by atoms with van der Waals surface area (Å²) in [7, 11) is 1.68. The quantitative estimate of drug-likeness (QED) is 0.242. The van der Waals surface area contributed by atoms with E-state index in [-0.39, 0.29) is 5.91 Å². The van der Waals surface area contributed by atoms with E-state index in [0.717, 1.165) is 39.3 Å². The third kappa shape index (κ3) is 7.57. The van der Waals surface area contributed by atoms with Crippen LogP contribution < -0.4 is 24.8 Å². The lowest BCUT2D eigenvalue weighted by atomic mass is 10.0. The van der Waals surface area contributed by atoms with Crippen LogP contribution in [0.5, 0.6) is 17.2 Å². The molecule has 0 spiro atoms. The molecule has 0 aliphatic rings. The Labute approximate surface area is 223 Å². The van der Waals surface area contributed by atoms with Gasteiger partial charge in [0.25, 0.3) is 0 Å². The highest BCUT2D eigenvalue weighted by atomic mass is 16.5. The van der Waals surface area contributed by atoms with Gasteiger partial charge in [-0.1, -0.05) is 60.7 Å². The fraction of sp³-hybridized carbons (Fsp3) is 0.226. The first-order chi connectivity index (χ1) is 18.6. The second-order valence-electron chi connectivity index (χ2n) is 8.73. The predicted octanol–water partition coefficient (Wildman–Crippen LogP) is 5.14. The molecule has 38 heavy (non-hydrogen) atoms. The summed E-state index contributed by atoms with van der Waals surface area (Å²) in [5.74, 6) is 2.18. The van der Waals surface area contributed by atoms with Crippen molar-refractivity contribution in [1.82, 2.24) is 15.6 Å². The summed E-state index contributed by atoms with van der Waals surface area (Å²) < 4.78 is 18.2. The fourth-order valence-electron chi connectivity index (χ4n) is 4.05.